The zero-order valence-corrected chi connectivity index (χ0v) is 21.9. The molecule has 1 amide bonds. The van der Waals surface area contributed by atoms with Crippen molar-refractivity contribution in [3.8, 4) is 11.3 Å². The van der Waals surface area contributed by atoms with Gasteiger partial charge in [0.2, 0.25) is 0 Å². The summed E-state index contributed by atoms with van der Waals surface area (Å²) in [6, 6.07) is 20.2. The Morgan fingerprint density at radius 2 is 1.58 bits per heavy atom. The summed E-state index contributed by atoms with van der Waals surface area (Å²) in [5.74, 6) is -2.84. The molecule has 4 rings (SSSR count). The maximum atomic E-state index is 13.1. The Morgan fingerprint density at radius 1 is 0.816 bits per heavy atom. The van der Waals surface area contributed by atoms with Gasteiger partial charge in [0, 0.05) is 15.4 Å². The number of halogens is 1. The molecule has 0 saturated carbocycles. The van der Waals surface area contributed by atoms with Gasteiger partial charge < -0.3 is 19.5 Å². The first-order valence-electron chi connectivity index (χ1n) is 11.2. The summed E-state index contributed by atoms with van der Waals surface area (Å²) < 4.78 is 15.6. The Labute approximate surface area is 225 Å². The van der Waals surface area contributed by atoms with Crippen LogP contribution in [0.4, 0.5) is 5.69 Å². The quantitative estimate of drug-likeness (QED) is 0.240. The molecule has 4 aromatic rings. The topological polar surface area (TPSA) is 121 Å². The first-order valence-corrected chi connectivity index (χ1v) is 12.0. The SMILES string of the molecule is COC(=O)c1ccc(C(=O)OC)c(NC(=O)COC(=O)c2cc(-c3cccc(Br)c3)nc3ccccc23)c1. The molecule has 1 heterocycles. The molecule has 192 valence electrons. The van der Waals surface area contributed by atoms with E-state index in [-0.39, 0.29) is 22.4 Å². The summed E-state index contributed by atoms with van der Waals surface area (Å²) in [4.78, 5) is 54.5. The van der Waals surface area contributed by atoms with E-state index >= 15 is 0 Å². The Balaban J connectivity index is 1.57. The number of hydrogen-bond acceptors (Lipinski definition) is 8. The summed E-state index contributed by atoms with van der Waals surface area (Å²) in [6.07, 6.45) is 0. The van der Waals surface area contributed by atoms with Gasteiger partial charge in [-0.25, -0.2) is 19.4 Å². The number of nitrogens with one attached hydrogen (secondary N) is 1. The molecule has 0 unspecified atom stereocenters. The van der Waals surface area contributed by atoms with Gasteiger partial charge in [0.1, 0.15) is 0 Å². The number of aromatic nitrogens is 1. The fourth-order valence-electron chi connectivity index (χ4n) is 3.72. The van der Waals surface area contributed by atoms with Crippen molar-refractivity contribution >= 4 is 56.3 Å². The molecule has 0 bridgehead atoms. The average Bonchev–Trinajstić information content (AvgIpc) is 2.94. The van der Waals surface area contributed by atoms with Crippen LogP contribution >= 0.6 is 15.9 Å². The number of nitrogens with zero attached hydrogens (tertiary/aromatic N) is 1. The first-order chi connectivity index (χ1) is 18.3. The molecule has 0 aliphatic heterocycles. The van der Waals surface area contributed by atoms with Gasteiger partial charge in [-0.1, -0.05) is 46.3 Å². The number of esters is 3. The Morgan fingerprint density at radius 3 is 2.32 bits per heavy atom. The van der Waals surface area contributed by atoms with Gasteiger partial charge in [-0.15, -0.1) is 0 Å². The average molecular weight is 577 g/mol. The first kappa shape index (κ1) is 26.5. The van der Waals surface area contributed by atoms with Crippen LogP contribution in [-0.4, -0.2) is 49.6 Å². The number of anilines is 1. The summed E-state index contributed by atoms with van der Waals surface area (Å²) in [5, 5.41) is 3.06. The predicted octanol–water partition coefficient (Wildman–Crippen LogP) is 5.03. The van der Waals surface area contributed by atoms with E-state index in [1.165, 1.54) is 32.4 Å². The number of carbonyl (C=O) groups excluding carboxylic acids is 4. The molecule has 0 saturated heterocycles. The Kier molecular flexibility index (Phi) is 8.12. The van der Waals surface area contributed by atoms with Gasteiger partial charge in [0.25, 0.3) is 5.91 Å². The van der Waals surface area contributed by atoms with Crippen LogP contribution in [0, 0.1) is 0 Å². The minimum Gasteiger partial charge on any atom is -0.465 e. The van der Waals surface area contributed by atoms with E-state index in [1.807, 2.05) is 30.3 Å². The van der Waals surface area contributed by atoms with Crippen LogP contribution in [0.3, 0.4) is 0 Å². The maximum absolute atomic E-state index is 13.1. The number of benzene rings is 3. The van der Waals surface area contributed by atoms with Crippen molar-refractivity contribution in [3.05, 3.63) is 94.0 Å². The van der Waals surface area contributed by atoms with Gasteiger partial charge in [-0.2, -0.15) is 0 Å². The standard InChI is InChI=1S/C28H21BrN2O7/c1-36-26(33)17-10-11-20(27(34)37-2)24(13-17)31-25(32)15-38-28(35)21-14-23(16-6-5-7-18(29)12-16)30-22-9-4-3-8-19(21)22/h3-14H,15H2,1-2H3,(H,31,32). The number of hydrogen-bond donors (Lipinski definition) is 1. The number of methoxy groups -OCH3 is 2. The minimum absolute atomic E-state index is 0.00657. The number of para-hydroxylation sites is 1. The lowest BCUT2D eigenvalue weighted by Crippen LogP contribution is -2.23. The van der Waals surface area contributed by atoms with Crippen LogP contribution in [0.25, 0.3) is 22.2 Å². The fourth-order valence-corrected chi connectivity index (χ4v) is 4.11. The van der Waals surface area contributed by atoms with E-state index in [9.17, 15) is 19.2 Å². The summed E-state index contributed by atoms with van der Waals surface area (Å²) in [7, 11) is 2.39. The lowest BCUT2D eigenvalue weighted by atomic mass is 10.0. The van der Waals surface area contributed by atoms with Gasteiger partial charge in [0.05, 0.1) is 47.8 Å². The summed E-state index contributed by atoms with van der Waals surface area (Å²) in [5.41, 5.74) is 2.30. The highest BCUT2D eigenvalue weighted by Gasteiger charge is 2.20. The normalized spacial score (nSPS) is 10.5. The fraction of sp³-hybridized carbons (Fsp3) is 0.107. The lowest BCUT2D eigenvalue weighted by molar-refractivity contribution is -0.119. The second-order valence-electron chi connectivity index (χ2n) is 7.95. The van der Waals surface area contributed by atoms with E-state index in [2.05, 4.69) is 31.0 Å². The van der Waals surface area contributed by atoms with Crippen molar-refractivity contribution in [1.82, 2.24) is 4.98 Å². The lowest BCUT2D eigenvalue weighted by Gasteiger charge is -2.13. The van der Waals surface area contributed by atoms with Gasteiger partial charge >= 0.3 is 17.9 Å². The molecular weight excluding hydrogens is 556 g/mol. The van der Waals surface area contributed by atoms with Crippen LogP contribution in [0.1, 0.15) is 31.1 Å². The third-order valence-corrected chi connectivity index (χ3v) is 6.00. The number of carbonyl (C=O) groups is 4. The zero-order valence-electron chi connectivity index (χ0n) is 20.3. The van der Waals surface area contributed by atoms with Crippen molar-refractivity contribution in [2.45, 2.75) is 0 Å². The monoisotopic (exact) mass is 576 g/mol. The number of pyridine rings is 1. The number of rotatable bonds is 7. The summed E-state index contributed by atoms with van der Waals surface area (Å²) >= 11 is 3.44. The molecule has 9 nitrogen and oxygen atoms in total. The van der Waals surface area contributed by atoms with Gasteiger partial charge in [-0.3, -0.25) is 4.79 Å². The number of fused-ring (bicyclic) bond motifs is 1. The van der Waals surface area contributed by atoms with E-state index in [4.69, 9.17) is 9.47 Å². The van der Waals surface area contributed by atoms with E-state index in [1.54, 1.807) is 24.3 Å². The molecule has 0 spiro atoms. The molecule has 0 atom stereocenters. The summed E-state index contributed by atoms with van der Waals surface area (Å²) in [6.45, 7) is -0.648. The molecular formula is C28H21BrN2O7. The van der Waals surface area contributed by atoms with Crippen LogP contribution in [0.15, 0.2) is 77.3 Å². The molecule has 3 aromatic carbocycles. The molecule has 1 aromatic heterocycles. The van der Waals surface area contributed by atoms with Crippen LogP contribution in [0.2, 0.25) is 0 Å². The Hall–Kier alpha value is -4.57. The van der Waals surface area contributed by atoms with Crippen molar-refractivity contribution in [3.63, 3.8) is 0 Å². The smallest absolute Gasteiger partial charge is 0.339 e. The molecule has 0 aliphatic carbocycles. The molecule has 10 heteroatoms. The highest BCUT2D eigenvalue weighted by molar-refractivity contribution is 9.10. The minimum atomic E-state index is -0.730. The zero-order chi connectivity index (χ0) is 27.2. The van der Waals surface area contributed by atoms with Crippen LogP contribution in [-0.2, 0) is 19.0 Å². The molecule has 0 radical (unpaired) electrons. The Bertz CT molecular complexity index is 1570. The third-order valence-electron chi connectivity index (χ3n) is 5.51. The predicted molar refractivity (Wildman–Crippen MR) is 143 cm³/mol. The van der Waals surface area contributed by atoms with Crippen molar-refractivity contribution in [2.24, 2.45) is 0 Å². The van der Waals surface area contributed by atoms with E-state index < -0.39 is 30.4 Å². The van der Waals surface area contributed by atoms with Crippen LogP contribution < -0.4 is 5.32 Å². The second-order valence-corrected chi connectivity index (χ2v) is 8.87. The van der Waals surface area contributed by atoms with Crippen LogP contribution in [0.5, 0.6) is 0 Å². The molecule has 0 aliphatic rings. The largest absolute Gasteiger partial charge is 0.465 e. The second kappa shape index (κ2) is 11.7. The van der Waals surface area contributed by atoms with Gasteiger partial charge in [0.15, 0.2) is 6.61 Å². The van der Waals surface area contributed by atoms with Crippen molar-refractivity contribution in [2.75, 3.05) is 26.1 Å². The maximum Gasteiger partial charge on any atom is 0.339 e. The molecule has 0 fully saturated rings. The van der Waals surface area contributed by atoms with Gasteiger partial charge in [-0.05, 0) is 42.5 Å². The molecule has 38 heavy (non-hydrogen) atoms. The van der Waals surface area contributed by atoms with E-state index in [0.717, 1.165) is 10.0 Å². The van der Waals surface area contributed by atoms with E-state index in [0.29, 0.717) is 16.6 Å². The number of ether oxygens (including phenoxy) is 3. The highest BCUT2D eigenvalue weighted by atomic mass is 79.9. The van der Waals surface area contributed by atoms with Crippen molar-refractivity contribution < 1.29 is 33.4 Å². The third kappa shape index (κ3) is 5.87. The molecule has 1 N–H and O–H groups in total. The highest BCUT2D eigenvalue weighted by Crippen LogP contribution is 2.27. The number of amides is 1. The van der Waals surface area contributed by atoms with Crippen molar-refractivity contribution in [1.29, 1.82) is 0 Å².